The third kappa shape index (κ3) is 3.96. The second kappa shape index (κ2) is 6.40. The van der Waals surface area contributed by atoms with Crippen molar-refractivity contribution in [1.82, 2.24) is 5.32 Å². The normalized spacial score (nSPS) is 23.3. The Hall–Kier alpha value is -1.75. The number of carbonyl (C=O) groups is 1. The fraction of sp³-hybridized carbons (Fsp3) is 0.500. The number of fused-ring (bicyclic) bond motifs is 1. The molecule has 3 rings (SSSR count). The van der Waals surface area contributed by atoms with Crippen molar-refractivity contribution < 1.29 is 13.6 Å². The molecule has 0 bridgehead atoms. The average molecular weight is 320 g/mol. The Morgan fingerprint density at radius 3 is 2.57 bits per heavy atom. The van der Waals surface area contributed by atoms with E-state index in [9.17, 15) is 13.6 Å². The summed E-state index contributed by atoms with van der Waals surface area (Å²) in [4.78, 5) is 11.4. The van der Waals surface area contributed by atoms with Crippen molar-refractivity contribution in [3.8, 4) is 0 Å². The highest BCUT2D eigenvalue weighted by atomic mass is 19.3. The summed E-state index contributed by atoms with van der Waals surface area (Å²) in [5, 5.41) is 6.30. The summed E-state index contributed by atoms with van der Waals surface area (Å²) >= 11 is 0. The Labute approximate surface area is 135 Å². The summed E-state index contributed by atoms with van der Waals surface area (Å²) in [6.45, 7) is 3.44. The van der Waals surface area contributed by atoms with E-state index in [1.54, 1.807) is 0 Å². The molecular formula is C18H22F2N2O. The van der Waals surface area contributed by atoms with Gasteiger partial charge in [0, 0.05) is 30.6 Å². The van der Waals surface area contributed by atoms with E-state index in [-0.39, 0.29) is 24.8 Å². The molecule has 1 amide bonds. The van der Waals surface area contributed by atoms with Crippen molar-refractivity contribution in [3.63, 3.8) is 0 Å². The van der Waals surface area contributed by atoms with Gasteiger partial charge in [0.15, 0.2) is 0 Å². The molecule has 1 atom stereocenters. The van der Waals surface area contributed by atoms with Crippen LogP contribution in [0, 0.1) is 0 Å². The van der Waals surface area contributed by atoms with Crippen molar-refractivity contribution in [2.45, 2.75) is 56.5 Å². The zero-order valence-corrected chi connectivity index (χ0v) is 13.1. The monoisotopic (exact) mass is 320 g/mol. The molecule has 0 heterocycles. The lowest BCUT2D eigenvalue weighted by Gasteiger charge is -2.31. The van der Waals surface area contributed by atoms with Gasteiger partial charge >= 0.3 is 0 Å². The van der Waals surface area contributed by atoms with Crippen LogP contribution in [0.5, 0.6) is 0 Å². The summed E-state index contributed by atoms with van der Waals surface area (Å²) in [5.74, 6) is -2.70. The lowest BCUT2D eigenvalue weighted by atomic mass is 9.91. The van der Waals surface area contributed by atoms with Crippen LogP contribution in [0.25, 0.3) is 0 Å². The summed E-state index contributed by atoms with van der Waals surface area (Å²) in [6, 6.07) is 6.41. The number of benzene rings is 1. The van der Waals surface area contributed by atoms with Crippen LogP contribution in [-0.2, 0) is 17.6 Å². The summed E-state index contributed by atoms with van der Waals surface area (Å²) in [6.07, 6.45) is 4.10. The van der Waals surface area contributed by atoms with Gasteiger partial charge in [-0.1, -0.05) is 12.6 Å². The Kier molecular flexibility index (Phi) is 4.48. The first kappa shape index (κ1) is 16.1. The van der Waals surface area contributed by atoms with Crippen LogP contribution >= 0.6 is 0 Å². The number of hydrogen-bond acceptors (Lipinski definition) is 2. The second-order valence-electron chi connectivity index (χ2n) is 6.58. The molecule has 0 saturated heterocycles. The zero-order valence-electron chi connectivity index (χ0n) is 13.1. The van der Waals surface area contributed by atoms with Crippen LogP contribution < -0.4 is 10.6 Å². The molecule has 1 fully saturated rings. The smallest absolute Gasteiger partial charge is 0.248 e. The number of carbonyl (C=O) groups excluding carboxylic acids is 1. The van der Waals surface area contributed by atoms with Gasteiger partial charge in [-0.3, -0.25) is 4.79 Å². The molecule has 0 spiro atoms. The molecule has 23 heavy (non-hydrogen) atoms. The minimum Gasteiger partial charge on any atom is -0.323 e. The Balaban J connectivity index is 1.57. The number of alkyl halides is 2. The molecule has 1 saturated carbocycles. The third-order valence-corrected chi connectivity index (χ3v) is 4.78. The van der Waals surface area contributed by atoms with E-state index >= 15 is 0 Å². The van der Waals surface area contributed by atoms with Crippen LogP contribution in [0.15, 0.2) is 30.9 Å². The van der Waals surface area contributed by atoms with Gasteiger partial charge in [0.05, 0.1) is 0 Å². The quantitative estimate of drug-likeness (QED) is 0.834. The maximum absolute atomic E-state index is 13.2. The molecule has 1 unspecified atom stereocenters. The average Bonchev–Trinajstić information content (AvgIpc) is 2.91. The molecule has 3 nitrogen and oxygen atoms in total. The molecule has 1 aromatic rings. The molecule has 1 aromatic carbocycles. The predicted molar refractivity (Wildman–Crippen MR) is 86.8 cm³/mol. The van der Waals surface area contributed by atoms with Crippen LogP contribution in [0.3, 0.4) is 0 Å². The summed E-state index contributed by atoms with van der Waals surface area (Å²) in [5.41, 5.74) is 3.25. The van der Waals surface area contributed by atoms with Crippen LogP contribution in [0.4, 0.5) is 14.5 Å². The third-order valence-electron chi connectivity index (χ3n) is 4.78. The van der Waals surface area contributed by atoms with E-state index in [1.165, 1.54) is 17.2 Å². The molecule has 5 heteroatoms. The van der Waals surface area contributed by atoms with E-state index in [0.29, 0.717) is 18.9 Å². The van der Waals surface area contributed by atoms with Gasteiger partial charge in [0.2, 0.25) is 11.8 Å². The van der Waals surface area contributed by atoms with Gasteiger partial charge in [0.25, 0.3) is 0 Å². The van der Waals surface area contributed by atoms with Crippen molar-refractivity contribution in [1.29, 1.82) is 0 Å². The first-order valence-electron chi connectivity index (χ1n) is 8.14. The first-order valence-corrected chi connectivity index (χ1v) is 8.14. The summed E-state index contributed by atoms with van der Waals surface area (Å²) < 4.78 is 26.4. The highest BCUT2D eigenvalue weighted by Crippen LogP contribution is 2.34. The fourth-order valence-corrected chi connectivity index (χ4v) is 3.55. The number of halogens is 2. The van der Waals surface area contributed by atoms with E-state index in [0.717, 1.165) is 18.5 Å². The molecule has 0 aromatic heterocycles. The SMILES string of the molecule is C=CC(=O)Nc1ccc2c(c1)CC(NC1CCC(F)(F)CC1)C2. The van der Waals surface area contributed by atoms with Crippen molar-refractivity contribution in [3.05, 3.63) is 42.0 Å². The predicted octanol–water partition coefficient (Wildman–Crippen LogP) is 3.45. The Bertz CT molecular complexity index is 605. The molecule has 124 valence electrons. The lowest BCUT2D eigenvalue weighted by Crippen LogP contribution is -2.43. The minimum absolute atomic E-state index is 0.0118. The van der Waals surface area contributed by atoms with Gasteiger partial charge in [-0.05, 0) is 55.0 Å². The van der Waals surface area contributed by atoms with E-state index in [4.69, 9.17) is 0 Å². The number of hydrogen-bond donors (Lipinski definition) is 2. The molecule has 2 aliphatic rings. The maximum Gasteiger partial charge on any atom is 0.248 e. The molecule has 2 N–H and O–H groups in total. The van der Waals surface area contributed by atoms with Crippen LogP contribution in [-0.4, -0.2) is 23.9 Å². The topological polar surface area (TPSA) is 41.1 Å². The van der Waals surface area contributed by atoms with Crippen LogP contribution in [0.2, 0.25) is 0 Å². The van der Waals surface area contributed by atoms with Crippen molar-refractivity contribution in [2.75, 3.05) is 5.32 Å². The largest absolute Gasteiger partial charge is 0.323 e. The van der Waals surface area contributed by atoms with E-state index in [1.807, 2.05) is 18.2 Å². The van der Waals surface area contributed by atoms with Gasteiger partial charge < -0.3 is 10.6 Å². The fourth-order valence-electron chi connectivity index (χ4n) is 3.55. The maximum atomic E-state index is 13.2. The number of nitrogens with one attached hydrogen (secondary N) is 2. The van der Waals surface area contributed by atoms with Gasteiger partial charge in [0.1, 0.15) is 0 Å². The van der Waals surface area contributed by atoms with E-state index < -0.39 is 5.92 Å². The Morgan fingerprint density at radius 2 is 1.87 bits per heavy atom. The lowest BCUT2D eigenvalue weighted by molar-refractivity contribution is -0.111. The zero-order chi connectivity index (χ0) is 16.4. The Morgan fingerprint density at radius 1 is 1.17 bits per heavy atom. The number of anilines is 1. The molecule has 0 radical (unpaired) electrons. The minimum atomic E-state index is -2.48. The van der Waals surface area contributed by atoms with Crippen LogP contribution in [0.1, 0.15) is 36.8 Å². The van der Waals surface area contributed by atoms with Gasteiger partial charge in [-0.2, -0.15) is 0 Å². The molecule has 0 aliphatic heterocycles. The van der Waals surface area contributed by atoms with E-state index in [2.05, 4.69) is 17.2 Å². The molecular weight excluding hydrogens is 298 g/mol. The second-order valence-corrected chi connectivity index (χ2v) is 6.58. The highest BCUT2D eigenvalue weighted by Gasteiger charge is 2.36. The number of rotatable bonds is 4. The molecule has 2 aliphatic carbocycles. The standard InChI is InChI=1S/C18H22F2N2O/c1-2-17(23)22-15-4-3-12-9-16(11-13(12)10-15)21-14-5-7-18(19,20)8-6-14/h2-4,10,14,16,21H,1,5-9,11H2,(H,22,23). The van der Waals surface area contributed by atoms with Gasteiger partial charge in [-0.25, -0.2) is 8.78 Å². The number of amides is 1. The van der Waals surface area contributed by atoms with Gasteiger partial charge in [-0.15, -0.1) is 0 Å². The van der Waals surface area contributed by atoms with Crippen molar-refractivity contribution in [2.24, 2.45) is 0 Å². The van der Waals surface area contributed by atoms with Crippen molar-refractivity contribution >= 4 is 11.6 Å². The highest BCUT2D eigenvalue weighted by molar-refractivity contribution is 5.98. The summed E-state index contributed by atoms with van der Waals surface area (Å²) in [7, 11) is 0. The first-order chi connectivity index (χ1) is 10.9.